The van der Waals surface area contributed by atoms with Gasteiger partial charge in [-0.15, -0.1) is 0 Å². The van der Waals surface area contributed by atoms with E-state index in [0.717, 1.165) is 18.8 Å². The largest absolute Gasteiger partial charge is 0.329 e. The number of aromatic nitrogens is 2. The quantitative estimate of drug-likeness (QED) is 0.832. The Morgan fingerprint density at radius 3 is 2.88 bits per heavy atom. The summed E-state index contributed by atoms with van der Waals surface area (Å²) < 4.78 is 0. The van der Waals surface area contributed by atoms with Gasteiger partial charge in [0.1, 0.15) is 6.33 Å². The molecule has 0 aliphatic carbocycles. The molecule has 4 nitrogen and oxygen atoms in total. The molecule has 0 bridgehead atoms. The molecule has 0 amide bonds. The van der Waals surface area contributed by atoms with Crippen LogP contribution in [-0.4, -0.2) is 34.5 Å². The maximum atomic E-state index is 5.87. The lowest BCUT2D eigenvalue weighted by atomic mass is 9.93. The first-order valence-electron chi connectivity index (χ1n) is 5.82. The van der Waals surface area contributed by atoms with Crippen molar-refractivity contribution in [2.45, 2.75) is 26.3 Å². The monoisotopic (exact) mass is 220 g/mol. The van der Waals surface area contributed by atoms with Crippen molar-refractivity contribution in [1.29, 1.82) is 0 Å². The molecule has 1 saturated heterocycles. The second-order valence-electron chi connectivity index (χ2n) is 5.27. The van der Waals surface area contributed by atoms with E-state index in [-0.39, 0.29) is 6.04 Å². The third-order valence-corrected chi connectivity index (χ3v) is 3.32. The molecule has 88 valence electrons. The molecule has 16 heavy (non-hydrogen) atoms. The second kappa shape index (κ2) is 4.47. The van der Waals surface area contributed by atoms with Gasteiger partial charge in [-0.05, 0) is 24.4 Å². The number of hydrogen-bond acceptors (Lipinski definition) is 4. The molecule has 0 radical (unpaired) electrons. The average molecular weight is 220 g/mol. The van der Waals surface area contributed by atoms with Crippen molar-refractivity contribution >= 4 is 0 Å². The van der Waals surface area contributed by atoms with Crippen LogP contribution in [0.4, 0.5) is 0 Å². The molecule has 2 heterocycles. The molecule has 1 unspecified atom stereocenters. The first-order valence-corrected chi connectivity index (χ1v) is 5.82. The fraction of sp³-hybridized carbons (Fsp3) is 0.667. The third kappa shape index (κ3) is 2.39. The zero-order chi connectivity index (χ0) is 11.6. The van der Waals surface area contributed by atoms with Gasteiger partial charge in [0.2, 0.25) is 0 Å². The van der Waals surface area contributed by atoms with Crippen LogP contribution < -0.4 is 5.73 Å². The lowest BCUT2D eigenvalue weighted by Crippen LogP contribution is -2.33. The van der Waals surface area contributed by atoms with E-state index >= 15 is 0 Å². The van der Waals surface area contributed by atoms with Gasteiger partial charge in [0.15, 0.2) is 0 Å². The number of nitrogens with two attached hydrogens (primary N) is 1. The first-order chi connectivity index (χ1) is 7.62. The molecule has 2 rings (SSSR count). The Labute approximate surface area is 96.9 Å². The van der Waals surface area contributed by atoms with Crippen molar-refractivity contribution < 1.29 is 0 Å². The topological polar surface area (TPSA) is 55.0 Å². The Balaban J connectivity index is 2.13. The zero-order valence-corrected chi connectivity index (χ0v) is 10.1. The zero-order valence-electron chi connectivity index (χ0n) is 10.1. The Kier molecular flexibility index (Phi) is 3.21. The minimum Gasteiger partial charge on any atom is -0.329 e. The summed E-state index contributed by atoms with van der Waals surface area (Å²) in [4.78, 5) is 10.7. The van der Waals surface area contributed by atoms with Crippen molar-refractivity contribution in [1.82, 2.24) is 14.9 Å². The normalized spacial score (nSPS) is 22.2. The summed E-state index contributed by atoms with van der Waals surface area (Å²) in [7, 11) is 0. The lowest BCUT2D eigenvalue weighted by molar-refractivity contribution is 0.219. The third-order valence-electron chi connectivity index (χ3n) is 3.32. The lowest BCUT2D eigenvalue weighted by Gasteiger charge is -2.27. The van der Waals surface area contributed by atoms with Gasteiger partial charge >= 0.3 is 0 Å². The Hall–Kier alpha value is -1.00. The summed E-state index contributed by atoms with van der Waals surface area (Å²) in [5.74, 6) is 0. The van der Waals surface area contributed by atoms with Crippen molar-refractivity contribution in [3.8, 4) is 0 Å². The van der Waals surface area contributed by atoms with E-state index in [9.17, 15) is 0 Å². The molecular weight excluding hydrogens is 200 g/mol. The molecular formula is C12H20N4. The van der Waals surface area contributed by atoms with Crippen molar-refractivity contribution in [3.63, 3.8) is 0 Å². The van der Waals surface area contributed by atoms with Gasteiger partial charge in [-0.2, -0.15) is 0 Å². The van der Waals surface area contributed by atoms with Gasteiger partial charge in [0, 0.05) is 19.3 Å². The first kappa shape index (κ1) is 11.5. The van der Waals surface area contributed by atoms with E-state index in [4.69, 9.17) is 5.73 Å². The smallest absolute Gasteiger partial charge is 0.115 e. The van der Waals surface area contributed by atoms with Gasteiger partial charge in [-0.1, -0.05) is 13.8 Å². The predicted molar refractivity (Wildman–Crippen MR) is 63.8 cm³/mol. The van der Waals surface area contributed by atoms with Crippen LogP contribution in [0.1, 0.15) is 32.0 Å². The van der Waals surface area contributed by atoms with E-state index in [1.807, 2.05) is 6.07 Å². The summed E-state index contributed by atoms with van der Waals surface area (Å²) in [6, 6.07) is 2.20. The van der Waals surface area contributed by atoms with Crippen LogP contribution in [0.15, 0.2) is 18.6 Å². The molecule has 4 heteroatoms. The maximum Gasteiger partial charge on any atom is 0.115 e. The molecule has 0 spiro atoms. The predicted octanol–water partition coefficient (Wildman–Crippen LogP) is 1.21. The van der Waals surface area contributed by atoms with E-state index < -0.39 is 0 Å². The summed E-state index contributed by atoms with van der Waals surface area (Å²) >= 11 is 0. The fourth-order valence-corrected chi connectivity index (χ4v) is 2.38. The minimum absolute atomic E-state index is 0.241. The SMILES string of the molecule is CC1(C)CCN(C(CN)c2ccncn2)C1. The fourth-order valence-electron chi connectivity index (χ4n) is 2.38. The van der Waals surface area contributed by atoms with Gasteiger partial charge in [0.05, 0.1) is 11.7 Å². The summed E-state index contributed by atoms with van der Waals surface area (Å²) in [5.41, 5.74) is 7.31. The standard InChI is InChI=1S/C12H20N4/c1-12(2)4-6-16(8-12)11(7-13)10-3-5-14-9-15-10/h3,5,9,11H,4,6-8,13H2,1-2H3. The van der Waals surface area contributed by atoms with Gasteiger partial charge < -0.3 is 5.73 Å². The van der Waals surface area contributed by atoms with Crippen LogP contribution >= 0.6 is 0 Å². The van der Waals surface area contributed by atoms with Crippen molar-refractivity contribution in [2.24, 2.45) is 11.1 Å². The van der Waals surface area contributed by atoms with Crippen LogP contribution in [0.3, 0.4) is 0 Å². The highest BCUT2D eigenvalue weighted by molar-refractivity contribution is 5.07. The van der Waals surface area contributed by atoms with Gasteiger partial charge in [-0.25, -0.2) is 9.97 Å². The Morgan fingerprint density at radius 1 is 1.56 bits per heavy atom. The number of nitrogens with zero attached hydrogens (tertiary/aromatic N) is 3. The molecule has 0 aromatic carbocycles. The summed E-state index contributed by atoms with van der Waals surface area (Å²) in [6.45, 7) is 7.44. The van der Waals surface area contributed by atoms with Crippen LogP contribution in [-0.2, 0) is 0 Å². The Morgan fingerprint density at radius 2 is 2.38 bits per heavy atom. The molecule has 1 aromatic rings. The van der Waals surface area contributed by atoms with Crippen LogP contribution in [0.5, 0.6) is 0 Å². The van der Waals surface area contributed by atoms with E-state index in [0.29, 0.717) is 12.0 Å². The summed E-state index contributed by atoms with van der Waals surface area (Å²) in [5, 5.41) is 0. The minimum atomic E-state index is 0.241. The highest BCUT2D eigenvalue weighted by Gasteiger charge is 2.33. The highest BCUT2D eigenvalue weighted by atomic mass is 15.2. The average Bonchev–Trinajstić information content (AvgIpc) is 2.62. The second-order valence-corrected chi connectivity index (χ2v) is 5.27. The van der Waals surface area contributed by atoms with Crippen LogP contribution in [0, 0.1) is 5.41 Å². The van der Waals surface area contributed by atoms with E-state index in [2.05, 4.69) is 28.7 Å². The number of hydrogen-bond donors (Lipinski definition) is 1. The number of rotatable bonds is 3. The highest BCUT2D eigenvalue weighted by Crippen LogP contribution is 2.33. The number of likely N-dealkylation sites (tertiary alicyclic amines) is 1. The molecule has 1 aliphatic rings. The van der Waals surface area contributed by atoms with Gasteiger partial charge in [0.25, 0.3) is 0 Å². The van der Waals surface area contributed by atoms with Crippen molar-refractivity contribution in [2.75, 3.05) is 19.6 Å². The van der Waals surface area contributed by atoms with Gasteiger partial charge in [-0.3, -0.25) is 4.90 Å². The molecule has 0 saturated carbocycles. The molecule has 1 aliphatic heterocycles. The molecule has 2 N–H and O–H groups in total. The molecule has 1 fully saturated rings. The Bertz CT molecular complexity index is 336. The molecule has 1 aromatic heterocycles. The van der Waals surface area contributed by atoms with E-state index in [1.54, 1.807) is 12.5 Å². The molecule has 1 atom stereocenters. The van der Waals surface area contributed by atoms with Crippen molar-refractivity contribution in [3.05, 3.63) is 24.3 Å². The summed E-state index contributed by atoms with van der Waals surface area (Å²) in [6.07, 6.45) is 4.61. The van der Waals surface area contributed by atoms with Crippen LogP contribution in [0.25, 0.3) is 0 Å². The van der Waals surface area contributed by atoms with E-state index in [1.165, 1.54) is 6.42 Å². The maximum absolute atomic E-state index is 5.87. The van der Waals surface area contributed by atoms with Crippen LogP contribution in [0.2, 0.25) is 0 Å².